The molecule has 1 aliphatic carbocycles. The Morgan fingerprint density at radius 1 is 1.54 bits per heavy atom. The van der Waals surface area contributed by atoms with Gasteiger partial charge in [-0.25, -0.2) is 10.2 Å². The number of amides is 2. The first-order valence-electron chi connectivity index (χ1n) is 4.65. The summed E-state index contributed by atoms with van der Waals surface area (Å²) in [5.41, 5.74) is 8.40. The first-order valence-corrected chi connectivity index (χ1v) is 4.65. The van der Waals surface area contributed by atoms with E-state index in [9.17, 15) is 4.79 Å². The van der Waals surface area contributed by atoms with E-state index in [1.54, 1.807) is 0 Å². The number of carbonyl (C=O) groups excluding carboxylic acids is 1. The van der Waals surface area contributed by atoms with Crippen molar-refractivity contribution in [2.75, 3.05) is 0 Å². The van der Waals surface area contributed by atoms with Gasteiger partial charge in [0.05, 0.1) is 0 Å². The van der Waals surface area contributed by atoms with Gasteiger partial charge in [0.2, 0.25) is 0 Å². The predicted molar refractivity (Wildman–Crippen MR) is 52.4 cm³/mol. The Hall–Kier alpha value is -1.06. The SMILES string of the molecule is CC1(C)CCCC/C1=N/NC(N)=O. The van der Waals surface area contributed by atoms with Crippen molar-refractivity contribution in [1.29, 1.82) is 0 Å². The smallest absolute Gasteiger partial charge is 0.332 e. The fourth-order valence-corrected chi connectivity index (χ4v) is 1.67. The molecule has 0 atom stereocenters. The van der Waals surface area contributed by atoms with Gasteiger partial charge < -0.3 is 5.73 Å². The van der Waals surface area contributed by atoms with Crippen LogP contribution in [0.1, 0.15) is 39.5 Å². The van der Waals surface area contributed by atoms with Gasteiger partial charge in [0.1, 0.15) is 0 Å². The first kappa shape index (κ1) is 10.0. The molecule has 1 aliphatic rings. The standard InChI is InChI=1S/C9H17N3O/c1-9(2)6-4-3-5-7(9)11-12-8(10)13/h3-6H2,1-2H3,(H3,10,12,13)/b11-7-. The molecule has 0 heterocycles. The van der Waals surface area contributed by atoms with E-state index < -0.39 is 6.03 Å². The monoisotopic (exact) mass is 183 g/mol. The molecule has 1 saturated carbocycles. The van der Waals surface area contributed by atoms with E-state index in [1.165, 1.54) is 6.42 Å². The summed E-state index contributed by atoms with van der Waals surface area (Å²) in [7, 11) is 0. The van der Waals surface area contributed by atoms with Gasteiger partial charge in [0.15, 0.2) is 0 Å². The quantitative estimate of drug-likeness (QED) is 0.596. The van der Waals surface area contributed by atoms with Crippen LogP contribution >= 0.6 is 0 Å². The first-order chi connectivity index (χ1) is 6.02. The van der Waals surface area contributed by atoms with Gasteiger partial charge in [-0.05, 0) is 19.3 Å². The number of nitrogens with two attached hydrogens (primary N) is 1. The zero-order valence-electron chi connectivity index (χ0n) is 8.26. The molecule has 1 fully saturated rings. The highest BCUT2D eigenvalue weighted by atomic mass is 16.2. The number of carbonyl (C=O) groups is 1. The third-order valence-corrected chi connectivity index (χ3v) is 2.55. The van der Waals surface area contributed by atoms with E-state index >= 15 is 0 Å². The molecular formula is C9H17N3O. The molecule has 0 aliphatic heterocycles. The van der Waals surface area contributed by atoms with Gasteiger partial charge in [-0.15, -0.1) is 0 Å². The Bertz CT molecular complexity index is 233. The number of hydrogen-bond donors (Lipinski definition) is 2. The molecular weight excluding hydrogens is 166 g/mol. The van der Waals surface area contributed by atoms with Crippen molar-refractivity contribution in [1.82, 2.24) is 5.43 Å². The molecule has 0 unspecified atom stereocenters. The maximum absolute atomic E-state index is 10.5. The van der Waals surface area contributed by atoms with Crippen molar-refractivity contribution in [3.05, 3.63) is 0 Å². The van der Waals surface area contributed by atoms with Crippen molar-refractivity contribution in [3.8, 4) is 0 Å². The number of nitrogens with zero attached hydrogens (tertiary/aromatic N) is 1. The Labute approximate surface area is 78.6 Å². The molecule has 74 valence electrons. The van der Waals surface area contributed by atoms with E-state index in [0.717, 1.165) is 25.0 Å². The summed E-state index contributed by atoms with van der Waals surface area (Å²) >= 11 is 0. The summed E-state index contributed by atoms with van der Waals surface area (Å²) in [6, 6.07) is -0.589. The molecule has 0 bridgehead atoms. The van der Waals surface area contributed by atoms with Crippen molar-refractivity contribution in [2.24, 2.45) is 16.3 Å². The van der Waals surface area contributed by atoms with Crippen LogP contribution < -0.4 is 11.2 Å². The second kappa shape index (κ2) is 3.77. The molecule has 0 aromatic rings. The van der Waals surface area contributed by atoms with Crippen LogP contribution in [0.3, 0.4) is 0 Å². The summed E-state index contributed by atoms with van der Waals surface area (Å²) in [5, 5.41) is 4.03. The summed E-state index contributed by atoms with van der Waals surface area (Å²) < 4.78 is 0. The maximum atomic E-state index is 10.5. The highest BCUT2D eigenvalue weighted by molar-refractivity contribution is 5.91. The molecule has 0 radical (unpaired) electrons. The van der Waals surface area contributed by atoms with Crippen molar-refractivity contribution >= 4 is 11.7 Å². The minimum absolute atomic E-state index is 0.112. The number of urea groups is 1. The average molecular weight is 183 g/mol. The number of nitrogens with one attached hydrogen (secondary N) is 1. The molecule has 2 amide bonds. The van der Waals surface area contributed by atoms with Crippen LogP contribution in [0.15, 0.2) is 5.10 Å². The largest absolute Gasteiger partial charge is 0.350 e. The van der Waals surface area contributed by atoms with Gasteiger partial charge in [-0.3, -0.25) is 0 Å². The Kier molecular flexibility index (Phi) is 2.90. The molecule has 1 rings (SSSR count). The Morgan fingerprint density at radius 2 is 2.23 bits per heavy atom. The zero-order valence-corrected chi connectivity index (χ0v) is 8.26. The number of rotatable bonds is 1. The van der Waals surface area contributed by atoms with Crippen molar-refractivity contribution in [3.63, 3.8) is 0 Å². The van der Waals surface area contributed by atoms with E-state index in [2.05, 4.69) is 24.4 Å². The van der Waals surface area contributed by atoms with E-state index in [1.807, 2.05) is 0 Å². The van der Waals surface area contributed by atoms with Crippen molar-refractivity contribution in [2.45, 2.75) is 39.5 Å². The summed E-state index contributed by atoms with van der Waals surface area (Å²) in [6.07, 6.45) is 4.49. The van der Waals surface area contributed by atoms with Crippen LogP contribution in [-0.4, -0.2) is 11.7 Å². The number of hydrazone groups is 1. The summed E-state index contributed by atoms with van der Waals surface area (Å²) in [5.74, 6) is 0. The van der Waals surface area contributed by atoms with Crippen LogP contribution in [0.2, 0.25) is 0 Å². The molecule has 0 aromatic carbocycles. The normalized spacial score (nSPS) is 24.3. The lowest BCUT2D eigenvalue weighted by atomic mass is 9.76. The maximum Gasteiger partial charge on any atom is 0.332 e. The summed E-state index contributed by atoms with van der Waals surface area (Å²) in [4.78, 5) is 10.5. The van der Waals surface area contributed by atoms with Gasteiger partial charge in [-0.2, -0.15) is 5.10 Å². The van der Waals surface area contributed by atoms with E-state index in [0.29, 0.717) is 0 Å². The van der Waals surface area contributed by atoms with Gasteiger partial charge in [0, 0.05) is 11.1 Å². The molecule has 4 nitrogen and oxygen atoms in total. The minimum atomic E-state index is -0.589. The topological polar surface area (TPSA) is 67.5 Å². The average Bonchev–Trinajstić information content (AvgIpc) is 2.01. The second-order valence-corrected chi connectivity index (χ2v) is 4.13. The van der Waals surface area contributed by atoms with Crippen LogP contribution in [-0.2, 0) is 0 Å². The van der Waals surface area contributed by atoms with E-state index in [4.69, 9.17) is 5.73 Å². The predicted octanol–water partition coefficient (Wildman–Crippen LogP) is 1.61. The molecule has 0 saturated heterocycles. The number of primary amides is 1. The third-order valence-electron chi connectivity index (χ3n) is 2.55. The molecule has 3 N–H and O–H groups in total. The highest BCUT2D eigenvalue weighted by Gasteiger charge is 2.28. The van der Waals surface area contributed by atoms with Gasteiger partial charge in [0.25, 0.3) is 0 Å². The fraction of sp³-hybridized carbons (Fsp3) is 0.778. The van der Waals surface area contributed by atoms with Gasteiger partial charge >= 0.3 is 6.03 Å². The van der Waals surface area contributed by atoms with Gasteiger partial charge in [-0.1, -0.05) is 20.3 Å². The lowest BCUT2D eigenvalue weighted by Gasteiger charge is -2.30. The van der Waals surface area contributed by atoms with Crippen LogP contribution in [0.25, 0.3) is 0 Å². The molecule has 0 spiro atoms. The number of hydrogen-bond acceptors (Lipinski definition) is 2. The van der Waals surface area contributed by atoms with Crippen LogP contribution in [0.4, 0.5) is 4.79 Å². The van der Waals surface area contributed by atoms with E-state index in [-0.39, 0.29) is 5.41 Å². The Morgan fingerprint density at radius 3 is 2.77 bits per heavy atom. The molecule has 13 heavy (non-hydrogen) atoms. The summed E-state index contributed by atoms with van der Waals surface area (Å²) in [6.45, 7) is 4.29. The fourth-order valence-electron chi connectivity index (χ4n) is 1.67. The van der Waals surface area contributed by atoms with Crippen molar-refractivity contribution < 1.29 is 4.79 Å². The molecule has 4 heteroatoms. The third kappa shape index (κ3) is 2.72. The minimum Gasteiger partial charge on any atom is -0.350 e. The Balaban J connectivity index is 2.64. The van der Waals surface area contributed by atoms with Crippen LogP contribution in [0.5, 0.6) is 0 Å². The molecule has 0 aromatic heterocycles. The van der Waals surface area contributed by atoms with Crippen LogP contribution in [0, 0.1) is 5.41 Å². The lowest BCUT2D eigenvalue weighted by molar-refractivity contribution is 0.249. The lowest BCUT2D eigenvalue weighted by Crippen LogP contribution is -2.33. The second-order valence-electron chi connectivity index (χ2n) is 4.13. The zero-order chi connectivity index (χ0) is 9.90. The highest BCUT2D eigenvalue weighted by Crippen LogP contribution is 2.32.